The second-order valence-corrected chi connectivity index (χ2v) is 8.47. The SMILES string of the molecule is COc1ccc(S(=O)(=O)N[C@@H](C)C(=O)NC(c2ccccc2)C2CC2)cc1. The third kappa shape index (κ3) is 4.87. The lowest BCUT2D eigenvalue weighted by Crippen LogP contribution is -2.46. The number of methoxy groups -OCH3 is 1. The third-order valence-electron chi connectivity index (χ3n) is 4.64. The lowest BCUT2D eigenvalue weighted by Gasteiger charge is -2.22. The van der Waals surface area contributed by atoms with Gasteiger partial charge >= 0.3 is 0 Å². The molecule has 1 unspecified atom stereocenters. The van der Waals surface area contributed by atoms with Gasteiger partial charge in [-0.3, -0.25) is 4.79 Å². The molecule has 0 heterocycles. The van der Waals surface area contributed by atoms with Crippen molar-refractivity contribution in [3.63, 3.8) is 0 Å². The van der Waals surface area contributed by atoms with Crippen LogP contribution in [0.5, 0.6) is 5.75 Å². The average molecular weight is 388 g/mol. The molecule has 1 amide bonds. The van der Waals surface area contributed by atoms with E-state index >= 15 is 0 Å². The molecule has 0 aromatic heterocycles. The minimum absolute atomic E-state index is 0.0877. The summed E-state index contributed by atoms with van der Waals surface area (Å²) >= 11 is 0. The quantitative estimate of drug-likeness (QED) is 0.728. The Bertz CT molecular complexity index is 878. The lowest BCUT2D eigenvalue weighted by atomic mass is 10.0. The van der Waals surface area contributed by atoms with Crippen LogP contribution in [0, 0.1) is 5.92 Å². The molecule has 0 spiro atoms. The highest BCUT2D eigenvalue weighted by Crippen LogP contribution is 2.40. The lowest BCUT2D eigenvalue weighted by molar-refractivity contribution is -0.123. The maximum atomic E-state index is 12.6. The van der Waals surface area contributed by atoms with Crippen LogP contribution in [0.3, 0.4) is 0 Å². The van der Waals surface area contributed by atoms with Crippen molar-refractivity contribution in [2.45, 2.75) is 36.7 Å². The highest BCUT2D eigenvalue weighted by molar-refractivity contribution is 7.89. The number of hydrogen-bond acceptors (Lipinski definition) is 4. The Hall–Kier alpha value is -2.38. The summed E-state index contributed by atoms with van der Waals surface area (Å²) in [4.78, 5) is 12.7. The molecular weight excluding hydrogens is 364 g/mol. The molecule has 0 bridgehead atoms. The smallest absolute Gasteiger partial charge is 0.241 e. The Balaban J connectivity index is 1.67. The van der Waals surface area contributed by atoms with E-state index in [-0.39, 0.29) is 16.8 Å². The number of ether oxygens (including phenoxy) is 1. The normalized spacial score (nSPS) is 16.4. The van der Waals surface area contributed by atoms with Gasteiger partial charge in [-0.25, -0.2) is 8.42 Å². The predicted octanol–water partition coefficient (Wildman–Crippen LogP) is 2.63. The van der Waals surface area contributed by atoms with Crippen molar-refractivity contribution in [2.75, 3.05) is 7.11 Å². The minimum Gasteiger partial charge on any atom is -0.497 e. The Labute approximate surface area is 160 Å². The van der Waals surface area contributed by atoms with Gasteiger partial charge in [-0.1, -0.05) is 30.3 Å². The molecule has 144 valence electrons. The zero-order valence-electron chi connectivity index (χ0n) is 15.4. The number of rotatable bonds is 8. The molecule has 2 N–H and O–H groups in total. The average Bonchev–Trinajstić information content (AvgIpc) is 3.51. The molecule has 7 heteroatoms. The molecule has 2 atom stereocenters. The molecule has 1 fully saturated rings. The second kappa shape index (κ2) is 8.10. The molecule has 6 nitrogen and oxygen atoms in total. The molecule has 0 radical (unpaired) electrons. The minimum atomic E-state index is -3.80. The van der Waals surface area contributed by atoms with Crippen LogP contribution in [-0.4, -0.2) is 27.5 Å². The van der Waals surface area contributed by atoms with Gasteiger partial charge in [-0.15, -0.1) is 0 Å². The number of hydrogen-bond donors (Lipinski definition) is 2. The fourth-order valence-electron chi connectivity index (χ4n) is 2.95. The molecule has 27 heavy (non-hydrogen) atoms. The van der Waals surface area contributed by atoms with Crippen LogP contribution in [0.25, 0.3) is 0 Å². The number of benzene rings is 2. The fourth-order valence-corrected chi connectivity index (χ4v) is 4.15. The summed E-state index contributed by atoms with van der Waals surface area (Å²) in [5.74, 6) is 0.629. The molecule has 0 aliphatic heterocycles. The molecule has 1 saturated carbocycles. The van der Waals surface area contributed by atoms with E-state index in [9.17, 15) is 13.2 Å². The molecule has 1 aliphatic carbocycles. The number of nitrogens with one attached hydrogen (secondary N) is 2. The van der Waals surface area contributed by atoms with Gasteiger partial charge in [-0.05, 0) is 55.5 Å². The first-order valence-electron chi connectivity index (χ1n) is 8.92. The Morgan fingerprint density at radius 1 is 1.07 bits per heavy atom. The summed E-state index contributed by atoms with van der Waals surface area (Å²) < 4.78 is 32.5. The first-order chi connectivity index (χ1) is 12.9. The molecule has 3 rings (SSSR count). The summed E-state index contributed by atoms with van der Waals surface area (Å²) in [6, 6.07) is 14.8. The fraction of sp³-hybridized carbons (Fsp3) is 0.350. The molecule has 2 aromatic carbocycles. The predicted molar refractivity (Wildman–Crippen MR) is 103 cm³/mol. The van der Waals surface area contributed by atoms with E-state index in [2.05, 4.69) is 10.0 Å². The number of sulfonamides is 1. The van der Waals surface area contributed by atoms with Crippen molar-refractivity contribution in [2.24, 2.45) is 5.92 Å². The van der Waals surface area contributed by atoms with Crippen LogP contribution < -0.4 is 14.8 Å². The van der Waals surface area contributed by atoms with Crippen molar-refractivity contribution in [3.05, 3.63) is 60.2 Å². The molecular formula is C20H24N2O4S. The summed E-state index contributed by atoms with van der Waals surface area (Å²) in [6.07, 6.45) is 2.12. The zero-order chi connectivity index (χ0) is 19.4. The molecule has 1 aliphatic rings. The number of carbonyl (C=O) groups is 1. The maximum Gasteiger partial charge on any atom is 0.241 e. The van der Waals surface area contributed by atoms with Crippen molar-refractivity contribution in [1.29, 1.82) is 0 Å². The Morgan fingerprint density at radius 2 is 1.70 bits per heavy atom. The van der Waals surface area contributed by atoms with Gasteiger partial charge in [0.25, 0.3) is 0 Å². The monoisotopic (exact) mass is 388 g/mol. The summed E-state index contributed by atoms with van der Waals surface area (Å²) in [5.41, 5.74) is 1.04. The highest BCUT2D eigenvalue weighted by atomic mass is 32.2. The Kier molecular flexibility index (Phi) is 5.82. The van der Waals surface area contributed by atoms with E-state index in [0.29, 0.717) is 11.7 Å². The number of amides is 1. The van der Waals surface area contributed by atoms with Crippen LogP contribution in [0.1, 0.15) is 31.4 Å². The van der Waals surface area contributed by atoms with E-state index in [1.165, 1.54) is 19.2 Å². The van der Waals surface area contributed by atoms with E-state index in [1.54, 1.807) is 19.1 Å². The standard InChI is InChI=1S/C20H24N2O4S/c1-14(22-27(24,25)18-12-10-17(26-2)11-13-18)20(23)21-19(16-8-9-16)15-6-4-3-5-7-15/h3-7,10-14,16,19,22H,8-9H2,1-2H3,(H,21,23)/t14-,19?/m0/s1. The van der Waals surface area contributed by atoms with Crippen LogP contribution >= 0.6 is 0 Å². The van der Waals surface area contributed by atoms with Gasteiger partial charge in [0.1, 0.15) is 5.75 Å². The first-order valence-corrected chi connectivity index (χ1v) is 10.4. The van der Waals surface area contributed by atoms with Gasteiger partial charge in [0.2, 0.25) is 15.9 Å². The topological polar surface area (TPSA) is 84.5 Å². The second-order valence-electron chi connectivity index (χ2n) is 6.75. The van der Waals surface area contributed by atoms with E-state index < -0.39 is 16.1 Å². The molecule has 2 aromatic rings. The Morgan fingerprint density at radius 3 is 2.26 bits per heavy atom. The third-order valence-corrected chi connectivity index (χ3v) is 6.20. The largest absolute Gasteiger partial charge is 0.497 e. The first kappa shape index (κ1) is 19.4. The van der Waals surface area contributed by atoms with Gasteiger partial charge in [-0.2, -0.15) is 4.72 Å². The summed E-state index contributed by atoms with van der Waals surface area (Å²) in [5, 5.41) is 3.00. The van der Waals surface area contributed by atoms with Crippen molar-refractivity contribution in [1.82, 2.24) is 10.0 Å². The van der Waals surface area contributed by atoms with E-state index in [1.807, 2.05) is 30.3 Å². The van der Waals surface area contributed by atoms with Crippen molar-refractivity contribution in [3.8, 4) is 5.75 Å². The molecule has 0 saturated heterocycles. The highest BCUT2D eigenvalue weighted by Gasteiger charge is 2.34. The van der Waals surface area contributed by atoms with E-state index in [4.69, 9.17) is 4.74 Å². The van der Waals surface area contributed by atoms with Crippen LogP contribution in [0.2, 0.25) is 0 Å². The van der Waals surface area contributed by atoms with Gasteiger partial charge < -0.3 is 10.1 Å². The van der Waals surface area contributed by atoms with Crippen molar-refractivity contribution < 1.29 is 17.9 Å². The van der Waals surface area contributed by atoms with Crippen LogP contribution in [-0.2, 0) is 14.8 Å². The van der Waals surface area contributed by atoms with E-state index in [0.717, 1.165) is 18.4 Å². The zero-order valence-corrected chi connectivity index (χ0v) is 16.2. The summed E-state index contributed by atoms with van der Waals surface area (Å²) in [6.45, 7) is 1.55. The van der Waals surface area contributed by atoms with Crippen LogP contribution in [0.15, 0.2) is 59.5 Å². The van der Waals surface area contributed by atoms with Crippen molar-refractivity contribution >= 4 is 15.9 Å². The van der Waals surface area contributed by atoms with Gasteiger partial charge in [0, 0.05) is 0 Å². The summed E-state index contributed by atoms with van der Waals surface area (Å²) in [7, 11) is -2.29. The van der Waals surface area contributed by atoms with Gasteiger partial charge in [0.15, 0.2) is 0 Å². The van der Waals surface area contributed by atoms with Gasteiger partial charge in [0.05, 0.1) is 24.1 Å². The number of carbonyl (C=O) groups excluding carboxylic acids is 1. The maximum absolute atomic E-state index is 12.6. The van der Waals surface area contributed by atoms with Crippen LogP contribution in [0.4, 0.5) is 0 Å².